The number of hydrogen-bond donors (Lipinski definition) is 1. The van der Waals surface area contributed by atoms with Crippen LogP contribution in [0.25, 0.3) is 0 Å². The molecule has 0 aliphatic heterocycles. The zero-order valence-electron chi connectivity index (χ0n) is 13.3. The lowest BCUT2D eigenvalue weighted by Crippen LogP contribution is -2.31. The van der Waals surface area contributed by atoms with Gasteiger partial charge >= 0.3 is 0 Å². The molecule has 0 saturated heterocycles. The summed E-state index contributed by atoms with van der Waals surface area (Å²) in [6, 6.07) is 7.28. The van der Waals surface area contributed by atoms with Gasteiger partial charge in [-0.3, -0.25) is 0 Å². The topological polar surface area (TPSA) is 28.2 Å². The van der Waals surface area contributed by atoms with E-state index < -0.39 is 0 Å². The minimum atomic E-state index is 0.489. The Balaban J connectivity index is 2.69. The molecule has 0 spiro atoms. The van der Waals surface area contributed by atoms with Crippen molar-refractivity contribution in [3.63, 3.8) is 0 Å². The molecule has 0 bridgehead atoms. The third kappa shape index (κ3) is 5.60. The molecule has 0 aliphatic carbocycles. The first-order valence-corrected chi connectivity index (χ1v) is 7.32. The lowest BCUT2D eigenvalue weighted by Gasteiger charge is -2.27. The fraction of sp³-hybridized carbons (Fsp3) is 0.688. The van der Waals surface area contributed by atoms with Gasteiger partial charge in [-0.15, -0.1) is 0 Å². The van der Waals surface area contributed by atoms with Crippen LogP contribution in [0.5, 0.6) is 0 Å². The summed E-state index contributed by atoms with van der Waals surface area (Å²) in [6.07, 6.45) is 1.19. The van der Waals surface area contributed by atoms with Crippen molar-refractivity contribution in [2.45, 2.75) is 59.7 Å². The minimum absolute atomic E-state index is 0.489. The van der Waals surface area contributed by atoms with E-state index in [4.69, 9.17) is 4.98 Å². The SMILES string of the molecule is CC(C)CC(C)N(C)c1cccc(CNC(C)C)n1. The number of rotatable bonds is 7. The quantitative estimate of drug-likeness (QED) is 0.816. The van der Waals surface area contributed by atoms with Crippen molar-refractivity contribution in [2.24, 2.45) is 5.92 Å². The van der Waals surface area contributed by atoms with Crippen LogP contribution in [0.1, 0.15) is 46.7 Å². The van der Waals surface area contributed by atoms with Crippen molar-refractivity contribution >= 4 is 5.82 Å². The zero-order valence-corrected chi connectivity index (χ0v) is 13.3. The molecule has 0 fully saturated rings. The molecule has 1 aromatic heterocycles. The van der Waals surface area contributed by atoms with E-state index in [0.29, 0.717) is 18.0 Å². The van der Waals surface area contributed by atoms with Crippen LogP contribution in [0.4, 0.5) is 5.82 Å². The summed E-state index contributed by atoms with van der Waals surface area (Å²) in [5.74, 6) is 1.78. The van der Waals surface area contributed by atoms with Crippen LogP contribution in [0, 0.1) is 5.92 Å². The predicted molar refractivity (Wildman–Crippen MR) is 83.5 cm³/mol. The maximum absolute atomic E-state index is 4.74. The molecule has 1 rings (SSSR count). The molecular weight excluding hydrogens is 234 g/mol. The molecule has 3 nitrogen and oxygen atoms in total. The summed E-state index contributed by atoms with van der Waals surface area (Å²) in [5.41, 5.74) is 1.11. The van der Waals surface area contributed by atoms with Crippen molar-refractivity contribution in [3.8, 4) is 0 Å². The molecule has 0 saturated carbocycles. The van der Waals surface area contributed by atoms with Gasteiger partial charge in [0.05, 0.1) is 5.69 Å². The van der Waals surface area contributed by atoms with E-state index in [1.807, 2.05) is 0 Å². The summed E-state index contributed by atoms with van der Waals surface area (Å²) in [7, 11) is 2.13. The first-order valence-electron chi connectivity index (χ1n) is 7.32. The Morgan fingerprint density at radius 3 is 2.42 bits per heavy atom. The van der Waals surface area contributed by atoms with E-state index in [-0.39, 0.29) is 0 Å². The van der Waals surface area contributed by atoms with Crippen LogP contribution >= 0.6 is 0 Å². The number of anilines is 1. The highest BCUT2D eigenvalue weighted by Crippen LogP contribution is 2.17. The predicted octanol–water partition coefficient (Wildman–Crippen LogP) is 3.45. The Morgan fingerprint density at radius 2 is 1.84 bits per heavy atom. The molecule has 1 aromatic rings. The number of pyridine rings is 1. The molecule has 1 atom stereocenters. The van der Waals surface area contributed by atoms with Gasteiger partial charge in [-0.25, -0.2) is 4.98 Å². The van der Waals surface area contributed by atoms with Crippen LogP contribution in [-0.4, -0.2) is 24.1 Å². The highest BCUT2D eigenvalue weighted by molar-refractivity contribution is 5.39. The average molecular weight is 263 g/mol. The molecule has 0 aliphatic rings. The van der Waals surface area contributed by atoms with E-state index in [1.165, 1.54) is 6.42 Å². The normalized spacial score (nSPS) is 13.1. The third-order valence-electron chi connectivity index (χ3n) is 3.32. The van der Waals surface area contributed by atoms with Crippen molar-refractivity contribution in [1.82, 2.24) is 10.3 Å². The zero-order chi connectivity index (χ0) is 14.4. The van der Waals surface area contributed by atoms with Gasteiger partial charge in [0.2, 0.25) is 0 Å². The van der Waals surface area contributed by atoms with Crippen LogP contribution in [0.15, 0.2) is 18.2 Å². The second-order valence-electron chi connectivity index (χ2n) is 6.11. The first kappa shape index (κ1) is 16.0. The van der Waals surface area contributed by atoms with E-state index in [0.717, 1.165) is 18.1 Å². The van der Waals surface area contributed by atoms with Crippen LogP contribution in [-0.2, 0) is 6.54 Å². The van der Waals surface area contributed by atoms with Gasteiger partial charge < -0.3 is 10.2 Å². The van der Waals surface area contributed by atoms with Gasteiger partial charge in [-0.1, -0.05) is 33.8 Å². The number of hydrogen-bond acceptors (Lipinski definition) is 3. The molecule has 3 heteroatoms. The summed E-state index contributed by atoms with van der Waals surface area (Å²) in [5, 5.41) is 3.41. The van der Waals surface area contributed by atoms with Gasteiger partial charge in [0.1, 0.15) is 5.82 Å². The Hall–Kier alpha value is -1.09. The maximum atomic E-state index is 4.74. The van der Waals surface area contributed by atoms with E-state index in [2.05, 4.69) is 70.1 Å². The molecule has 108 valence electrons. The summed E-state index contributed by atoms with van der Waals surface area (Å²) in [4.78, 5) is 7.01. The van der Waals surface area contributed by atoms with Gasteiger partial charge in [0, 0.05) is 25.7 Å². The smallest absolute Gasteiger partial charge is 0.128 e. The fourth-order valence-electron chi connectivity index (χ4n) is 2.14. The Kier molecular flexibility index (Phi) is 6.29. The summed E-state index contributed by atoms with van der Waals surface area (Å²) in [6.45, 7) is 11.9. The second-order valence-corrected chi connectivity index (χ2v) is 6.11. The molecular formula is C16H29N3. The standard InChI is InChI=1S/C16H29N3/c1-12(2)10-14(5)19(6)16-9-7-8-15(18-16)11-17-13(3)4/h7-9,12-14,17H,10-11H2,1-6H3. The van der Waals surface area contributed by atoms with Gasteiger partial charge in [0.15, 0.2) is 0 Å². The van der Waals surface area contributed by atoms with Crippen molar-refractivity contribution in [1.29, 1.82) is 0 Å². The molecule has 1 unspecified atom stereocenters. The van der Waals surface area contributed by atoms with Crippen LogP contribution < -0.4 is 10.2 Å². The monoisotopic (exact) mass is 263 g/mol. The van der Waals surface area contributed by atoms with E-state index in [9.17, 15) is 0 Å². The molecule has 0 amide bonds. The van der Waals surface area contributed by atoms with Gasteiger partial charge in [-0.05, 0) is 31.4 Å². The highest BCUT2D eigenvalue weighted by atomic mass is 15.2. The van der Waals surface area contributed by atoms with Crippen molar-refractivity contribution < 1.29 is 0 Å². The van der Waals surface area contributed by atoms with E-state index in [1.54, 1.807) is 0 Å². The highest BCUT2D eigenvalue weighted by Gasteiger charge is 2.13. The second kappa shape index (κ2) is 7.49. The summed E-state index contributed by atoms with van der Waals surface area (Å²) < 4.78 is 0. The number of nitrogens with zero attached hydrogens (tertiary/aromatic N) is 2. The fourth-order valence-corrected chi connectivity index (χ4v) is 2.14. The maximum Gasteiger partial charge on any atom is 0.128 e. The molecule has 1 N–H and O–H groups in total. The third-order valence-corrected chi connectivity index (χ3v) is 3.32. The van der Waals surface area contributed by atoms with Crippen LogP contribution in [0.3, 0.4) is 0 Å². The number of nitrogens with one attached hydrogen (secondary N) is 1. The molecule has 0 radical (unpaired) electrons. The largest absolute Gasteiger partial charge is 0.357 e. The van der Waals surface area contributed by atoms with Crippen molar-refractivity contribution in [3.05, 3.63) is 23.9 Å². The number of aromatic nitrogens is 1. The molecule has 19 heavy (non-hydrogen) atoms. The Bertz CT molecular complexity index is 374. The molecule has 0 aromatic carbocycles. The van der Waals surface area contributed by atoms with Crippen molar-refractivity contribution in [2.75, 3.05) is 11.9 Å². The van der Waals surface area contributed by atoms with Gasteiger partial charge in [-0.2, -0.15) is 0 Å². The first-order chi connectivity index (χ1) is 8.90. The minimum Gasteiger partial charge on any atom is -0.357 e. The summed E-state index contributed by atoms with van der Waals surface area (Å²) >= 11 is 0. The Morgan fingerprint density at radius 1 is 1.16 bits per heavy atom. The lowest BCUT2D eigenvalue weighted by molar-refractivity contribution is 0.501. The van der Waals surface area contributed by atoms with Crippen LogP contribution in [0.2, 0.25) is 0 Å². The molecule has 1 heterocycles. The van der Waals surface area contributed by atoms with Gasteiger partial charge in [0.25, 0.3) is 0 Å². The Labute approximate surface area is 118 Å². The average Bonchev–Trinajstić information content (AvgIpc) is 2.35. The van der Waals surface area contributed by atoms with E-state index >= 15 is 0 Å². The lowest BCUT2D eigenvalue weighted by atomic mass is 10.0.